The SMILES string of the molecule is CC=C[C@H](CCN(C(=O)OC(C)(C)C)C(=O)OC(C)(C)C)[C@H](NC(=O)OC(C)(C)C)C(=O)OC(C)(C)C. The lowest BCUT2D eigenvalue weighted by Gasteiger charge is -2.31. The summed E-state index contributed by atoms with van der Waals surface area (Å²) in [5.41, 5.74) is -3.30. The van der Waals surface area contributed by atoms with Gasteiger partial charge >= 0.3 is 24.2 Å². The Labute approximate surface area is 222 Å². The van der Waals surface area contributed by atoms with E-state index < -0.39 is 58.6 Å². The quantitative estimate of drug-likeness (QED) is 0.243. The number of carbonyl (C=O) groups is 4. The Hall–Kier alpha value is -2.78. The maximum Gasteiger partial charge on any atom is 0.419 e. The van der Waals surface area contributed by atoms with Gasteiger partial charge in [-0.05, 0) is 96.4 Å². The van der Waals surface area contributed by atoms with Gasteiger partial charge in [-0.25, -0.2) is 24.1 Å². The van der Waals surface area contributed by atoms with Crippen molar-refractivity contribution in [2.75, 3.05) is 6.54 Å². The van der Waals surface area contributed by atoms with Crippen LogP contribution in [-0.4, -0.2) is 64.1 Å². The highest BCUT2D eigenvalue weighted by atomic mass is 16.6. The van der Waals surface area contributed by atoms with Crippen molar-refractivity contribution in [1.82, 2.24) is 10.2 Å². The van der Waals surface area contributed by atoms with Crippen LogP contribution in [0.15, 0.2) is 12.2 Å². The predicted molar refractivity (Wildman–Crippen MR) is 141 cm³/mol. The summed E-state index contributed by atoms with van der Waals surface area (Å²) in [6.45, 7) is 22.0. The van der Waals surface area contributed by atoms with Gasteiger partial charge in [0.05, 0.1) is 0 Å². The highest BCUT2D eigenvalue weighted by Gasteiger charge is 2.36. The lowest BCUT2D eigenvalue weighted by molar-refractivity contribution is -0.158. The van der Waals surface area contributed by atoms with Crippen molar-refractivity contribution in [3.05, 3.63) is 12.2 Å². The molecule has 10 heteroatoms. The molecule has 37 heavy (non-hydrogen) atoms. The largest absolute Gasteiger partial charge is 0.458 e. The predicted octanol–water partition coefficient (Wildman–Crippen LogP) is 5.98. The zero-order valence-electron chi connectivity index (χ0n) is 24.9. The Morgan fingerprint density at radius 2 is 1.11 bits per heavy atom. The van der Waals surface area contributed by atoms with E-state index in [1.165, 1.54) is 0 Å². The second-order valence-electron chi connectivity index (χ2n) is 12.7. The summed E-state index contributed by atoms with van der Waals surface area (Å²) in [7, 11) is 0. The number of esters is 1. The van der Waals surface area contributed by atoms with Crippen LogP contribution in [0.4, 0.5) is 14.4 Å². The number of carbonyl (C=O) groups excluding carboxylic acids is 4. The van der Waals surface area contributed by atoms with Crippen molar-refractivity contribution in [3.8, 4) is 0 Å². The molecule has 1 N–H and O–H groups in total. The minimum absolute atomic E-state index is 0.0997. The zero-order valence-corrected chi connectivity index (χ0v) is 24.9. The molecule has 2 atom stereocenters. The van der Waals surface area contributed by atoms with Gasteiger partial charge in [-0.15, -0.1) is 0 Å². The Kier molecular flexibility index (Phi) is 12.2. The van der Waals surface area contributed by atoms with Crippen LogP contribution >= 0.6 is 0 Å². The molecule has 0 bridgehead atoms. The molecule has 0 saturated carbocycles. The van der Waals surface area contributed by atoms with Gasteiger partial charge in [0.1, 0.15) is 28.4 Å². The Morgan fingerprint density at radius 3 is 1.46 bits per heavy atom. The normalized spacial score (nSPS) is 14.4. The Balaban J connectivity index is 6.12. The summed E-state index contributed by atoms with van der Waals surface area (Å²) in [4.78, 5) is 52.4. The smallest absolute Gasteiger partial charge is 0.419 e. The molecule has 0 aromatic heterocycles. The van der Waals surface area contributed by atoms with Crippen LogP contribution in [0.5, 0.6) is 0 Å². The first-order valence-corrected chi connectivity index (χ1v) is 12.5. The first-order chi connectivity index (χ1) is 16.4. The second-order valence-corrected chi connectivity index (χ2v) is 12.7. The van der Waals surface area contributed by atoms with Crippen LogP contribution in [0.1, 0.15) is 96.4 Å². The van der Waals surface area contributed by atoms with Gasteiger partial charge in [0.15, 0.2) is 0 Å². The highest BCUT2D eigenvalue weighted by molar-refractivity contribution is 5.88. The standard InChI is InChI=1S/C27H48N2O8/c1-14-15-18(19(20(30)34-24(2,3)4)28-21(31)35-25(5,6)7)16-17-29(22(32)36-26(8,9)10)23(33)37-27(11,12)13/h14-15,18-19H,16-17H2,1-13H3,(H,28,31)/t18-,19+/m1/s1. The van der Waals surface area contributed by atoms with Crippen LogP contribution in [0.3, 0.4) is 0 Å². The average Bonchev–Trinajstić information content (AvgIpc) is 2.59. The molecule has 0 spiro atoms. The molecule has 0 aromatic rings. The van der Waals surface area contributed by atoms with E-state index in [-0.39, 0.29) is 13.0 Å². The van der Waals surface area contributed by atoms with Gasteiger partial charge in [-0.3, -0.25) is 0 Å². The van der Waals surface area contributed by atoms with E-state index in [0.717, 1.165) is 4.90 Å². The van der Waals surface area contributed by atoms with Gasteiger partial charge in [-0.2, -0.15) is 0 Å². The van der Waals surface area contributed by atoms with Crippen molar-refractivity contribution < 1.29 is 38.1 Å². The highest BCUT2D eigenvalue weighted by Crippen LogP contribution is 2.21. The van der Waals surface area contributed by atoms with Gasteiger partial charge < -0.3 is 24.3 Å². The molecule has 0 heterocycles. The molecule has 3 amide bonds. The van der Waals surface area contributed by atoms with Crippen molar-refractivity contribution in [2.24, 2.45) is 5.92 Å². The molecule has 0 radical (unpaired) electrons. The van der Waals surface area contributed by atoms with Crippen LogP contribution < -0.4 is 5.32 Å². The fourth-order valence-corrected chi connectivity index (χ4v) is 2.93. The number of hydrogen-bond acceptors (Lipinski definition) is 8. The number of amides is 3. The topological polar surface area (TPSA) is 120 Å². The third kappa shape index (κ3) is 15.8. The summed E-state index contributed by atoms with van der Waals surface area (Å²) in [5, 5.41) is 2.60. The molecule has 0 aliphatic heterocycles. The number of alkyl carbamates (subject to hydrolysis) is 1. The van der Waals surface area contributed by atoms with E-state index in [2.05, 4.69) is 5.32 Å². The minimum atomic E-state index is -1.15. The third-order valence-corrected chi connectivity index (χ3v) is 4.11. The van der Waals surface area contributed by atoms with Gasteiger partial charge in [0.2, 0.25) is 0 Å². The Morgan fingerprint density at radius 1 is 0.703 bits per heavy atom. The van der Waals surface area contributed by atoms with Crippen LogP contribution in [0.2, 0.25) is 0 Å². The molecule has 0 rings (SSSR count). The monoisotopic (exact) mass is 528 g/mol. The fourth-order valence-electron chi connectivity index (χ4n) is 2.93. The van der Waals surface area contributed by atoms with Gasteiger partial charge in [0, 0.05) is 12.5 Å². The van der Waals surface area contributed by atoms with E-state index >= 15 is 0 Å². The van der Waals surface area contributed by atoms with Gasteiger partial charge in [0.25, 0.3) is 0 Å². The molecule has 0 aliphatic carbocycles. The number of allylic oxidation sites excluding steroid dienone is 1. The summed E-state index contributed by atoms with van der Waals surface area (Å²) in [5.74, 6) is -1.33. The Bertz CT molecular complexity index is 795. The molecule has 0 aliphatic rings. The molecule has 0 fully saturated rings. The third-order valence-electron chi connectivity index (χ3n) is 4.11. The lowest BCUT2D eigenvalue weighted by atomic mass is 9.94. The van der Waals surface area contributed by atoms with Crippen molar-refractivity contribution in [2.45, 2.75) is 125 Å². The van der Waals surface area contributed by atoms with Crippen LogP contribution in [0, 0.1) is 5.92 Å². The van der Waals surface area contributed by atoms with E-state index in [0.29, 0.717) is 0 Å². The fraction of sp³-hybridized carbons (Fsp3) is 0.778. The van der Waals surface area contributed by atoms with E-state index in [1.807, 2.05) is 0 Å². The molecule has 0 unspecified atom stereocenters. The van der Waals surface area contributed by atoms with Gasteiger partial charge in [-0.1, -0.05) is 12.2 Å². The maximum absolute atomic E-state index is 13.1. The van der Waals surface area contributed by atoms with Crippen LogP contribution in [-0.2, 0) is 23.7 Å². The van der Waals surface area contributed by atoms with E-state index in [1.54, 1.807) is 102 Å². The molecular weight excluding hydrogens is 480 g/mol. The first-order valence-electron chi connectivity index (χ1n) is 12.5. The molecular formula is C27H48N2O8. The van der Waals surface area contributed by atoms with Crippen molar-refractivity contribution in [3.63, 3.8) is 0 Å². The second kappa shape index (κ2) is 13.1. The number of rotatable bonds is 7. The van der Waals surface area contributed by atoms with E-state index in [9.17, 15) is 19.2 Å². The first kappa shape index (κ1) is 34.2. The molecule has 10 nitrogen and oxygen atoms in total. The summed E-state index contributed by atoms with van der Waals surface area (Å²) in [6, 6.07) is -1.15. The molecule has 214 valence electrons. The lowest BCUT2D eigenvalue weighted by Crippen LogP contribution is -2.50. The summed E-state index contributed by atoms with van der Waals surface area (Å²) in [6.07, 6.45) is 0.958. The zero-order chi connectivity index (χ0) is 29.4. The number of hydrogen-bond donors (Lipinski definition) is 1. The number of nitrogens with one attached hydrogen (secondary N) is 1. The van der Waals surface area contributed by atoms with Crippen molar-refractivity contribution >= 4 is 24.2 Å². The molecule has 0 aromatic carbocycles. The minimum Gasteiger partial charge on any atom is -0.458 e. The number of imide groups is 1. The maximum atomic E-state index is 13.1. The summed E-state index contributed by atoms with van der Waals surface area (Å²) < 4.78 is 21.7. The average molecular weight is 529 g/mol. The summed E-state index contributed by atoms with van der Waals surface area (Å²) >= 11 is 0. The molecule has 0 saturated heterocycles. The number of ether oxygens (including phenoxy) is 4. The van der Waals surface area contributed by atoms with Crippen molar-refractivity contribution in [1.29, 1.82) is 0 Å². The number of nitrogens with zero attached hydrogens (tertiary/aromatic N) is 1. The van der Waals surface area contributed by atoms with E-state index in [4.69, 9.17) is 18.9 Å². The van der Waals surface area contributed by atoms with Crippen LogP contribution in [0.25, 0.3) is 0 Å².